The first-order valence-electron chi connectivity index (χ1n) is 5.34. The molecule has 0 saturated carbocycles. The van der Waals surface area contributed by atoms with Gasteiger partial charge < -0.3 is 10.6 Å². The number of carbonyl (C=O) groups excluding carboxylic acids is 1. The van der Waals surface area contributed by atoms with E-state index in [0.29, 0.717) is 12.1 Å². The van der Waals surface area contributed by atoms with Gasteiger partial charge in [0, 0.05) is 12.1 Å². The van der Waals surface area contributed by atoms with E-state index in [1.807, 2.05) is 7.05 Å². The SMILES string of the molecule is CNCCCC(=O)Nc1ccc(F)cc1C.Cl. The maximum atomic E-state index is 12.8. The summed E-state index contributed by atoms with van der Waals surface area (Å²) in [4.78, 5) is 11.5. The van der Waals surface area contributed by atoms with Crippen LogP contribution in [0.2, 0.25) is 0 Å². The van der Waals surface area contributed by atoms with Crippen LogP contribution in [0.15, 0.2) is 18.2 Å². The minimum Gasteiger partial charge on any atom is -0.326 e. The molecule has 0 aromatic heterocycles. The van der Waals surface area contributed by atoms with Crippen molar-refractivity contribution in [3.63, 3.8) is 0 Å². The number of rotatable bonds is 5. The molecule has 1 amide bonds. The summed E-state index contributed by atoms with van der Waals surface area (Å²) in [6.07, 6.45) is 1.26. The van der Waals surface area contributed by atoms with Crippen LogP contribution in [0.3, 0.4) is 0 Å². The normalized spacial score (nSPS) is 9.59. The van der Waals surface area contributed by atoms with E-state index in [1.54, 1.807) is 13.0 Å². The number of nitrogens with one attached hydrogen (secondary N) is 2. The monoisotopic (exact) mass is 260 g/mol. The Bertz CT molecular complexity index is 372. The number of aryl methyl sites for hydroxylation is 1. The highest BCUT2D eigenvalue weighted by atomic mass is 35.5. The van der Waals surface area contributed by atoms with E-state index in [0.717, 1.165) is 18.5 Å². The number of hydrogen-bond donors (Lipinski definition) is 2. The number of anilines is 1. The second-order valence-corrected chi connectivity index (χ2v) is 3.71. The van der Waals surface area contributed by atoms with Crippen molar-refractivity contribution in [2.45, 2.75) is 19.8 Å². The van der Waals surface area contributed by atoms with Gasteiger partial charge in [-0.2, -0.15) is 0 Å². The summed E-state index contributed by atoms with van der Waals surface area (Å²) < 4.78 is 12.8. The van der Waals surface area contributed by atoms with Crippen LogP contribution >= 0.6 is 12.4 Å². The molecule has 2 N–H and O–H groups in total. The first-order valence-corrected chi connectivity index (χ1v) is 5.34. The Morgan fingerprint density at radius 1 is 1.41 bits per heavy atom. The standard InChI is InChI=1S/C12H17FN2O.ClH/c1-9-8-10(13)5-6-11(9)15-12(16)4-3-7-14-2;/h5-6,8,14H,3-4,7H2,1-2H3,(H,15,16);1H. The molecule has 17 heavy (non-hydrogen) atoms. The molecule has 0 saturated heterocycles. The Hall–Kier alpha value is -1.13. The van der Waals surface area contributed by atoms with Gasteiger partial charge in [-0.1, -0.05) is 0 Å². The molecule has 0 fully saturated rings. The van der Waals surface area contributed by atoms with Crippen molar-refractivity contribution in [2.75, 3.05) is 18.9 Å². The summed E-state index contributed by atoms with van der Waals surface area (Å²) in [5.74, 6) is -0.323. The van der Waals surface area contributed by atoms with Gasteiger partial charge in [0.2, 0.25) is 5.91 Å². The van der Waals surface area contributed by atoms with Crippen LogP contribution in [0.1, 0.15) is 18.4 Å². The smallest absolute Gasteiger partial charge is 0.224 e. The number of hydrogen-bond acceptors (Lipinski definition) is 2. The van der Waals surface area contributed by atoms with Gasteiger partial charge in [-0.25, -0.2) is 4.39 Å². The minimum absolute atomic E-state index is 0. The van der Waals surface area contributed by atoms with E-state index in [9.17, 15) is 9.18 Å². The van der Waals surface area contributed by atoms with E-state index in [1.165, 1.54) is 12.1 Å². The highest BCUT2D eigenvalue weighted by Gasteiger charge is 2.04. The zero-order valence-electron chi connectivity index (χ0n) is 10.0. The summed E-state index contributed by atoms with van der Waals surface area (Å²) >= 11 is 0. The van der Waals surface area contributed by atoms with Crippen molar-refractivity contribution >= 4 is 24.0 Å². The van der Waals surface area contributed by atoms with E-state index < -0.39 is 0 Å². The third kappa shape index (κ3) is 5.65. The van der Waals surface area contributed by atoms with Crippen LogP contribution in [0.4, 0.5) is 10.1 Å². The molecule has 0 aliphatic rings. The quantitative estimate of drug-likeness (QED) is 0.799. The van der Waals surface area contributed by atoms with Gasteiger partial charge in [-0.3, -0.25) is 4.79 Å². The first-order chi connectivity index (χ1) is 7.63. The van der Waals surface area contributed by atoms with Crippen LogP contribution in [0.25, 0.3) is 0 Å². The van der Waals surface area contributed by atoms with Gasteiger partial charge >= 0.3 is 0 Å². The number of carbonyl (C=O) groups is 1. The molecule has 1 aromatic carbocycles. The lowest BCUT2D eigenvalue weighted by atomic mass is 10.2. The highest BCUT2D eigenvalue weighted by molar-refractivity contribution is 5.91. The maximum absolute atomic E-state index is 12.8. The van der Waals surface area contributed by atoms with Crippen molar-refractivity contribution < 1.29 is 9.18 Å². The highest BCUT2D eigenvalue weighted by Crippen LogP contribution is 2.15. The molecular weight excluding hydrogens is 243 g/mol. The van der Waals surface area contributed by atoms with Crippen molar-refractivity contribution in [3.05, 3.63) is 29.6 Å². The lowest BCUT2D eigenvalue weighted by Crippen LogP contribution is -2.15. The summed E-state index contributed by atoms with van der Waals surface area (Å²) in [7, 11) is 1.85. The topological polar surface area (TPSA) is 41.1 Å². The van der Waals surface area contributed by atoms with Crippen molar-refractivity contribution in [1.82, 2.24) is 5.32 Å². The summed E-state index contributed by atoms with van der Waals surface area (Å²) in [5, 5.41) is 5.74. The fourth-order valence-electron chi connectivity index (χ4n) is 1.41. The molecule has 0 spiro atoms. The third-order valence-corrected chi connectivity index (χ3v) is 2.29. The summed E-state index contributed by atoms with van der Waals surface area (Å²) in [6, 6.07) is 4.33. The molecule has 0 aliphatic heterocycles. The van der Waals surface area contributed by atoms with Gasteiger partial charge in [-0.05, 0) is 50.7 Å². The van der Waals surface area contributed by atoms with Crippen LogP contribution in [0.5, 0.6) is 0 Å². The van der Waals surface area contributed by atoms with E-state index in [-0.39, 0.29) is 24.1 Å². The lowest BCUT2D eigenvalue weighted by Gasteiger charge is -2.08. The maximum Gasteiger partial charge on any atom is 0.224 e. The Balaban J connectivity index is 0.00000256. The van der Waals surface area contributed by atoms with Crippen molar-refractivity contribution in [1.29, 1.82) is 0 Å². The molecule has 0 atom stereocenters. The largest absolute Gasteiger partial charge is 0.326 e. The summed E-state index contributed by atoms with van der Waals surface area (Å²) in [6.45, 7) is 2.59. The summed E-state index contributed by atoms with van der Waals surface area (Å²) in [5.41, 5.74) is 1.41. The minimum atomic E-state index is -0.286. The molecule has 0 radical (unpaired) electrons. The van der Waals surface area contributed by atoms with Gasteiger partial charge in [0.25, 0.3) is 0 Å². The molecule has 0 unspecified atom stereocenters. The molecule has 0 bridgehead atoms. The predicted octanol–water partition coefficient (Wildman–Crippen LogP) is 2.49. The zero-order chi connectivity index (χ0) is 12.0. The van der Waals surface area contributed by atoms with Crippen LogP contribution in [-0.2, 0) is 4.79 Å². The Labute approximate surface area is 107 Å². The molecule has 5 heteroatoms. The zero-order valence-corrected chi connectivity index (χ0v) is 10.9. The second kappa shape index (κ2) is 8.03. The molecule has 96 valence electrons. The van der Waals surface area contributed by atoms with Crippen molar-refractivity contribution in [2.24, 2.45) is 0 Å². The van der Waals surface area contributed by atoms with Gasteiger partial charge in [0.1, 0.15) is 5.82 Å². The number of halogens is 2. The van der Waals surface area contributed by atoms with Gasteiger partial charge in [0.15, 0.2) is 0 Å². The first kappa shape index (κ1) is 15.9. The Morgan fingerprint density at radius 3 is 2.71 bits per heavy atom. The Morgan fingerprint density at radius 2 is 2.12 bits per heavy atom. The molecule has 0 aliphatic carbocycles. The molecule has 1 aromatic rings. The molecule has 1 rings (SSSR count). The van der Waals surface area contributed by atoms with Crippen LogP contribution in [0, 0.1) is 12.7 Å². The molecule has 0 heterocycles. The number of benzene rings is 1. The van der Waals surface area contributed by atoms with E-state index in [2.05, 4.69) is 10.6 Å². The fraction of sp³-hybridized carbons (Fsp3) is 0.417. The van der Waals surface area contributed by atoms with Crippen molar-refractivity contribution in [3.8, 4) is 0 Å². The fourth-order valence-corrected chi connectivity index (χ4v) is 1.41. The second-order valence-electron chi connectivity index (χ2n) is 3.71. The Kier molecular flexibility index (Phi) is 7.50. The van der Waals surface area contributed by atoms with Gasteiger partial charge in [-0.15, -0.1) is 12.4 Å². The lowest BCUT2D eigenvalue weighted by molar-refractivity contribution is -0.116. The predicted molar refractivity (Wildman–Crippen MR) is 70.2 cm³/mol. The van der Waals surface area contributed by atoms with Gasteiger partial charge in [0.05, 0.1) is 0 Å². The molecular formula is C12H18ClFN2O. The average molecular weight is 261 g/mol. The average Bonchev–Trinajstić information content (AvgIpc) is 2.23. The number of amides is 1. The van der Waals surface area contributed by atoms with E-state index in [4.69, 9.17) is 0 Å². The molecule has 3 nitrogen and oxygen atoms in total. The van der Waals surface area contributed by atoms with Crippen LogP contribution in [-0.4, -0.2) is 19.5 Å². The van der Waals surface area contributed by atoms with Crippen LogP contribution < -0.4 is 10.6 Å². The third-order valence-electron chi connectivity index (χ3n) is 2.29. The van der Waals surface area contributed by atoms with E-state index >= 15 is 0 Å².